The first-order chi connectivity index (χ1) is 12.8. The van der Waals surface area contributed by atoms with Crippen LogP contribution in [0, 0.1) is 0 Å². The predicted molar refractivity (Wildman–Crippen MR) is 93.5 cm³/mol. The van der Waals surface area contributed by atoms with E-state index in [1.165, 1.54) is 22.3 Å². The molecule has 0 saturated carbocycles. The Balaban J connectivity index is 1.49. The van der Waals surface area contributed by atoms with Gasteiger partial charge in [-0.05, 0) is 28.8 Å². The average Bonchev–Trinajstić information content (AvgIpc) is 3.41. The maximum atomic E-state index is 12.8. The number of carbonyl (C=O) groups is 1. The van der Waals surface area contributed by atoms with Gasteiger partial charge in [0.15, 0.2) is 0 Å². The zero-order valence-electron chi connectivity index (χ0n) is 13.9. The van der Waals surface area contributed by atoms with Crippen molar-refractivity contribution in [1.82, 2.24) is 30.4 Å². The maximum Gasteiger partial charge on any atom is 0.251 e. The number of nitrogens with zero attached hydrogens (tertiary/aromatic N) is 6. The summed E-state index contributed by atoms with van der Waals surface area (Å²) < 4.78 is 7.06. The molecule has 1 aromatic carbocycles. The summed E-state index contributed by atoms with van der Waals surface area (Å²) in [6, 6.07) is 9.15. The fraction of sp³-hybridized carbons (Fsp3) is 0.375. The number of hydrogen-bond acceptors (Lipinski definition) is 8. The van der Waals surface area contributed by atoms with Crippen LogP contribution in [0.3, 0.4) is 0 Å². The Bertz CT molecular complexity index is 847. The molecule has 0 aliphatic carbocycles. The molecule has 3 aromatic rings. The molecule has 26 heavy (non-hydrogen) atoms. The van der Waals surface area contributed by atoms with Crippen LogP contribution in [0.1, 0.15) is 35.6 Å². The van der Waals surface area contributed by atoms with Crippen molar-refractivity contribution >= 4 is 22.4 Å². The molecule has 10 heteroatoms. The predicted octanol–water partition coefficient (Wildman–Crippen LogP) is 1.80. The highest BCUT2D eigenvalue weighted by Gasteiger charge is 2.26. The zero-order valence-corrected chi connectivity index (χ0v) is 14.7. The Morgan fingerprint density at radius 1 is 1.35 bits per heavy atom. The molecule has 1 N–H and O–H groups in total. The Kier molecular flexibility index (Phi) is 4.93. The molecule has 9 nitrogen and oxygen atoms in total. The van der Waals surface area contributed by atoms with Gasteiger partial charge in [0.05, 0.1) is 0 Å². The number of aromatic nitrogens is 6. The van der Waals surface area contributed by atoms with Crippen LogP contribution in [-0.2, 0) is 16.0 Å². The summed E-state index contributed by atoms with van der Waals surface area (Å²) in [5.41, 5.74) is 1.01. The molecule has 1 saturated heterocycles. The van der Waals surface area contributed by atoms with E-state index in [1.807, 2.05) is 30.3 Å². The van der Waals surface area contributed by atoms with Crippen molar-refractivity contribution in [3.63, 3.8) is 0 Å². The summed E-state index contributed by atoms with van der Waals surface area (Å²) in [6.45, 7) is 0.740. The first-order valence-corrected chi connectivity index (χ1v) is 9.13. The Morgan fingerprint density at radius 2 is 2.23 bits per heavy atom. The quantitative estimate of drug-likeness (QED) is 0.704. The van der Waals surface area contributed by atoms with E-state index in [0.29, 0.717) is 11.6 Å². The Hall–Kier alpha value is -2.72. The molecule has 0 unspecified atom stereocenters. The van der Waals surface area contributed by atoms with Crippen molar-refractivity contribution in [2.24, 2.45) is 0 Å². The lowest BCUT2D eigenvalue weighted by Gasteiger charge is -2.15. The van der Waals surface area contributed by atoms with Gasteiger partial charge in [-0.1, -0.05) is 41.7 Å². The molecule has 2 atom stereocenters. The van der Waals surface area contributed by atoms with Crippen LogP contribution in [0.15, 0.2) is 36.7 Å². The molecule has 4 rings (SSSR count). The molecule has 0 bridgehead atoms. The number of nitrogens with one attached hydrogen (secondary N) is 1. The van der Waals surface area contributed by atoms with Gasteiger partial charge in [-0.3, -0.25) is 10.1 Å². The van der Waals surface area contributed by atoms with E-state index in [4.69, 9.17) is 4.74 Å². The third-order valence-corrected chi connectivity index (χ3v) is 5.07. The van der Waals surface area contributed by atoms with Crippen molar-refractivity contribution in [1.29, 1.82) is 0 Å². The molecular formula is C16H17N7O2S. The first kappa shape index (κ1) is 16.7. The van der Waals surface area contributed by atoms with Crippen molar-refractivity contribution in [2.45, 2.75) is 31.4 Å². The van der Waals surface area contributed by atoms with Gasteiger partial charge in [0.1, 0.15) is 23.5 Å². The molecular weight excluding hydrogens is 354 g/mol. The topological polar surface area (TPSA) is 108 Å². The van der Waals surface area contributed by atoms with Gasteiger partial charge in [-0.2, -0.15) is 0 Å². The van der Waals surface area contributed by atoms with Crippen LogP contribution in [-0.4, -0.2) is 42.9 Å². The third-order valence-electron chi connectivity index (χ3n) is 4.13. The van der Waals surface area contributed by atoms with Gasteiger partial charge >= 0.3 is 0 Å². The molecule has 134 valence electrons. The van der Waals surface area contributed by atoms with Gasteiger partial charge < -0.3 is 4.74 Å². The largest absolute Gasteiger partial charge is 0.371 e. The lowest BCUT2D eigenvalue weighted by Crippen LogP contribution is -2.28. The second-order valence-electron chi connectivity index (χ2n) is 5.93. The van der Waals surface area contributed by atoms with E-state index in [1.54, 1.807) is 0 Å². The highest BCUT2D eigenvalue weighted by molar-refractivity contribution is 7.15. The van der Waals surface area contributed by atoms with Crippen LogP contribution in [0.4, 0.5) is 5.13 Å². The van der Waals surface area contributed by atoms with Crippen LogP contribution < -0.4 is 5.32 Å². The fourth-order valence-corrected chi connectivity index (χ4v) is 3.66. The molecule has 0 radical (unpaired) electrons. The number of amides is 1. The van der Waals surface area contributed by atoms with E-state index in [9.17, 15) is 4.79 Å². The van der Waals surface area contributed by atoms with Crippen molar-refractivity contribution in [2.75, 3.05) is 11.9 Å². The second-order valence-corrected chi connectivity index (χ2v) is 6.94. The number of rotatable bonds is 6. The number of tetrazole rings is 1. The molecule has 1 aliphatic rings. The average molecular weight is 371 g/mol. The van der Waals surface area contributed by atoms with E-state index in [2.05, 4.69) is 31.0 Å². The summed E-state index contributed by atoms with van der Waals surface area (Å²) >= 11 is 1.34. The van der Waals surface area contributed by atoms with Gasteiger partial charge in [-0.15, -0.1) is 15.3 Å². The van der Waals surface area contributed by atoms with Crippen molar-refractivity contribution in [3.8, 4) is 0 Å². The smallest absolute Gasteiger partial charge is 0.251 e. The minimum absolute atomic E-state index is 0.0159. The molecule has 0 spiro atoms. The fourth-order valence-electron chi connectivity index (χ4n) is 2.83. The Labute approximate surface area is 153 Å². The summed E-state index contributed by atoms with van der Waals surface area (Å²) in [7, 11) is 0. The minimum atomic E-state index is -0.581. The molecule has 1 amide bonds. The maximum absolute atomic E-state index is 12.8. The summed E-state index contributed by atoms with van der Waals surface area (Å²) in [4.78, 5) is 12.8. The monoisotopic (exact) mass is 371 g/mol. The van der Waals surface area contributed by atoms with Gasteiger partial charge in [0.2, 0.25) is 5.13 Å². The SMILES string of the molecule is O=C(Nc1nnc([C@H]2CCCO2)s1)[C@H](Cc1ccccc1)n1cnnn1. The van der Waals surface area contributed by atoms with E-state index >= 15 is 0 Å². The van der Waals surface area contributed by atoms with Crippen LogP contribution in [0.5, 0.6) is 0 Å². The van der Waals surface area contributed by atoms with E-state index < -0.39 is 6.04 Å². The molecule has 1 fully saturated rings. The lowest BCUT2D eigenvalue weighted by atomic mass is 10.1. The van der Waals surface area contributed by atoms with Crippen molar-refractivity contribution < 1.29 is 9.53 Å². The minimum Gasteiger partial charge on any atom is -0.371 e. The Morgan fingerprint density at radius 3 is 2.96 bits per heavy atom. The molecule has 3 heterocycles. The van der Waals surface area contributed by atoms with Crippen LogP contribution in [0.2, 0.25) is 0 Å². The van der Waals surface area contributed by atoms with Gasteiger partial charge in [-0.25, -0.2) is 4.68 Å². The number of benzene rings is 1. The normalized spacial score (nSPS) is 17.9. The van der Waals surface area contributed by atoms with Crippen molar-refractivity contribution in [3.05, 3.63) is 47.2 Å². The first-order valence-electron chi connectivity index (χ1n) is 8.32. The van der Waals surface area contributed by atoms with E-state index in [0.717, 1.165) is 30.0 Å². The lowest BCUT2D eigenvalue weighted by molar-refractivity contribution is -0.119. The van der Waals surface area contributed by atoms with E-state index in [-0.39, 0.29) is 12.0 Å². The number of hydrogen-bond donors (Lipinski definition) is 1. The second kappa shape index (κ2) is 7.67. The van der Waals surface area contributed by atoms with Gasteiger partial charge in [0, 0.05) is 13.0 Å². The zero-order chi connectivity index (χ0) is 17.8. The van der Waals surface area contributed by atoms with Crippen LogP contribution >= 0.6 is 11.3 Å². The molecule has 1 aliphatic heterocycles. The standard InChI is InChI=1S/C16H17N7O2S/c24-14(18-16-20-19-15(26-16)13-7-4-8-25-13)12(23-10-17-21-22-23)9-11-5-2-1-3-6-11/h1-3,5-6,10,12-13H,4,7-9H2,(H,18,20,24)/t12-,13+/m0/s1. The third kappa shape index (κ3) is 3.75. The summed E-state index contributed by atoms with van der Waals surface area (Å²) in [5, 5.41) is 23.4. The highest BCUT2D eigenvalue weighted by Crippen LogP contribution is 2.32. The van der Waals surface area contributed by atoms with Crippen LogP contribution in [0.25, 0.3) is 0 Å². The van der Waals surface area contributed by atoms with Gasteiger partial charge in [0.25, 0.3) is 5.91 Å². The summed E-state index contributed by atoms with van der Waals surface area (Å²) in [6.07, 6.45) is 3.84. The summed E-state index contributed by atoms with van der Waals surface area (Å²) in [5.74, 6) is -0.240. The highest BCUT2D eigenvalue weighted by atomic mass is 32.1. The number of anilines is 1. The number of ether oxygens (including phenoxy) is 1. The molecule has 2 aromatic heterocycles. The number of carbonyl (C=O) groups excluding carboxylic acids is 1.